The SMILES string of the molecule is COc1c(C2(CN)CCC2)cc(F)cc1S(C)(=O)=O. The fourth-order valence-electron chi connectivity index (χ4n) is 2.64. The maximum absolute atomic E-state index is 13.7. The van der Waals surface area contributed by atoms with Crippen molar-refractivity contribution in [1.82, 2.24) is 0 Å². The van der Waals surface area contributed by atoms with E-state index in [1.165, 1.54) is 13.2 Å². The van der Waals surface area contributed by atoms with Gasteiger partial charge in [-0.2, -0.15) is 0 Å². The number of sulfone groups is 1. The quantitative estimate of drug-likeness (QED) is 0.913. The van der Waals surface area contributed by atoms with Gasteiger partial charge in [0.2, 0.25) is 0 Å². The Labute approximate surface area is 112 Å². The van der Waals surface area contributed by atoms with Crippen molar-refractivity contribution in [1.29, 1.82) is 0 Å². The standard InChI is InChI=1S/C13H18FNO3S/c1-18-12-10(13(8-15)4-3-5-13)6-9(14)7-11(12)19(2,16)17/h6-7H,3-5,8,15H2,1-2H3. The Morgan fingerprint density at radius 1 is 1.42 bits per heavy atom. The highest BCUT2D eigenvalue weighted by atomic mass is 32.2. The molecule has 106 valence electrons. The smallest absolute Gasteiger partial charge is 0.179 e. The van der Waals surface area contributed by atoms with Crippen LogP contribution in [0.1, 0.15) is 24.8 Å². The average molecular weight is 287 g/mol. The maximum Gasteiger partial charge on any atom is 0.179 e. The summed E-state index contributed by atoms with van der Waals surface area (Å²) in [5.74, 6) is -0.343. The molecule has 1 saturated carbocycles. The van der Waals surface area contributed by atoms with Crippen molar-refractivity contribution in [3.63, 3.8) is 0 Å². The van der Waals surface area contributed by atoms with Crippen molar-refractivity contribution >= 4 is 9.84 Å². The fourth-order valence-corrected chi connectivity index (χ4v) is 3.49. The Morgan fingerprint density at radius 3 is 2.42 bits per heavy atom. The summed E-state index contributed by atoms with van der Waals surface area (Å²) in [6, 6.07) is 2.35. The first-order valence-corrected chi connectivity index (χ1v) is 8.01. The highest BCUT2D eigenvalue weighted by Crippen LogP contribution is 2.48. The second-order valence-electron chi connectivity index (χ2n) is 5.09. The fraction of sp³-hybridized carbons (Fsp3) is 0.538. The Hall–Kier alpha value is -1.14. The van der Waals surface area contributed by atoms with Crippen LogP contribution in [0.25, 0.3) is 0 Å². The van der Waals surface area contributed by atoms with Crippen molar-refractivity contribution in [2.75, 3.05) is 19.9 Å². The topological polar surface area (TPSA) is 69.4 Å². The normalized spacial score (nSPS) is 17.9. The molecule has 0 heterocycles. The molecule has 0 radical (unpaired) electrons. The van der Waals surface area contributed by atoms with Gasteiger partial charge in [-0.3, -0.25) is 0 Å². The number of hydrogen-bond acceptors (Lipinski definition) is 4. The van der Waals surface area contributed by atoms with Gasteiger partial charge in [-0.25, -0.2) is 12.8 Å². The largest absolute Gasteiger partial charge is 0.495 e. The van der Waals surface area contributed by atoms with Gasteiger partial charge in [0, 0.05) is 23.8 Å². The second-order valence-corrected chi connectivity index (χ2v) is 7.08. The number of hydrogen-bond donors (Lipinski definition) is 1. The molecule has 4 nitrogen and oxygen atoms in total. The Bertz CT molecular complexity index is 589. The predicted octanol–water partition coefficient (Wildman–Crippen LogP) is 1.62. The van der Waals surface area contributed by atoms with Crippen LogP contribution in [0.15, 0.2) is 17.0 Å². The van der Waals surface area contributed by atoms with Crippen molar-refractivity contribution in [2.24, 2.45) is 5.73 Å². The molecule has 0 unspecified atom stereocenters. The van der Waals surface area contributed by atoms with Crippen molar-refractivity contribution < 1.29 is 17.5 Å². The van der Waals surface area contributed by atoms with Crippen molar-refractivity contribution in [2.45, 2.75) is 29.6 Å². The van der Waals surface area contributed by atoms with E-state index in [-0.39, 0.29) is 16.1 Å². The van der Waals surface area contributed by atoms with Crippen molar-refractivity contribution in [3.05, 3.63) is 23.5 Å². The monoisotopic (exact) mass is 287 g/mol. The molecule has 0 amide bonds. The minimum Gasteiger partial charge on any atom is -0.495 e. The van der Waals surface area contributed by atoms with E-state index in [2.05, 4.69) is 0 Å². The van der Waals surface area contributed by atoms with Crippen LogP contribution in [0.4, 0.5) is 4.39 Å². The van der Waals surface area contributed by atoms with Crippen LogP contribution in [-0.4, -0.2) is 28.3 Å². The van der Waals surface area contributed by atoms with E-state index in [4.69, 9.17) is 10.5 Å². The number of methoxy groups -OCH3 is 1. The van der Waals surface area contributed by atoms with Crippen LogP contribution in [-0.2, 0) is 15.3 Å². The summed E-state index contributed by atoms with van der Waals surface area (Å²) in [6.45, 7) is 0.357. The predicted molar refractivity (Wildman–Crippen MR) is 70.6 cm³/mol. The molecule has 1 fully saturated rings. The zero-order chi connectivity index (χ0) is 14.3. The molecule has 0 atom stereocenters. The molecule has 1 aromatic carbocycles. The van der Waals surface area contributed by atoms with Gasteiger partial charge in [-0.1, -0.05) is 6.42 Å². The highest BCUT2D eigenvalue weighted by molar-refractivity contribution is 7.90. The van der Waals surface area contributed by atoms with E-state index >= 15 is 0 Å². The van der Waals surface area contributed by atoms with Gasteiger partial charge in [0.15, 0.2) is 9.84 Å². The summed E-state index contributed by atoms with van der Waals surface area (Å²) in [7, 11) is -2.15. The number of halogens is 1. The number of ether oxygens (including phenoxy) is 1. The Balaban J connectivity index is 2.71. The first-order chi connectivity index (χ1) is 8.84. The summed E-state index contributed by atoms with van der Waals surface area (Å²) < 4.78 is 42.5. The minimum absolute atomic E-state index is 0.107. The maximum atomic E-state index is 13.7. The van der Waals surface area contributed by atoms with E-state index in [0.29, 0.717) is 12.1 Å². The van der Waals surface area contributed by atoms with Gasteiger partial charge in [-0.15, -0.1) is 0 Å². The Kier molecular flexibility index (Phi) is 3.57. The van der Waals surface area contributed by atoms with E-state index < -0.39 is 15.7 Å². The van der Waals surface area contributed by atoms with E-state index in [0.717, 1.165) is 31.6 Å². The third-order valence-corrected chi connectivity index (χ3v) is 5.00. The lowest BCUT2D eigenvalue weighted by Gasteiger charge is -2.42. The molecule has 2 rings (SSSR count). The van der Waals surface area contributed by atoms with Gasteiger partial charge in [0.25, 0.3) is 0 Å². The number of nitrogens with two attached hydrogens (primary N) is 1. The molecule has 1 aromatic rings. The Morgan fingerprint density at radius 2 is 2.05 bits per heavy atom. The second kappa shape index (κ2) is 4.76. The third kappa shape index (κ3) is 2.34. The van der Waals surface area contributed by atoms with Crippen LogP contribution in [0.5, 0.6) is 5.75 Å². The van der Waals surface area contributed by atoms with Gasteiger partial charge < -0.3 is 10.5 Å². The highest BCUT2D eigenvalue weighted by Gasteiger charge is 2.41. The molecule has 19 heavy (non-hydrogen) atoms. The van der Waals surface area contributed by atoms with Crippen LogP contribution in [0.3, 0.4) is 0 Å². The summed E-state index contributed by atoms with van der Waals surface area (Å²) in [6.07, 6.45) is 3.70. The zero-order valence-corrected chi connectivity index (χ0v) is 11.9. The van der Waals surface area contributed by atoms with Gasteiger partial charge in [-0.05, 0) is 25.0 Å². The summed E-state index contributed by atoms with van der Waals surface area (Å²) in [5, 5.41) is 0. The molecule has 0 aromatic heterocycles. The third-order valence-electron chi connectivity index (χ3n) is 3.90. The molecule has 0 aliphatic heterocycles. The molecule has 1 aliphatic carbocycles. The zero-order valence-electron chi connectivity index (χ0n) is 11.1. The van der Waals surface area contributed by atoms with E-state index in [9.17, 15) is 12.8 Å². The molecule has 0 saturated heterocycles. The van der Waals surface area contributed by atoms with E-state index in [1.54, 1.807) is 0 Å². The van der Waals surface area contributed by atoms with Crippen LogP contribution < -0.4 is 10.5 Å². The lowest BCUT2D eigenvalue weighted by molar-refractivity contribution is 0.241. The molecule has 6 heteroatoms. The van der Waals surface area contributed by atoms with Crippen LogP contribution in [0.2, 0.25) is 0 Å². The van der Waals surface area contributed by atoms with Crippen LogP contribution in [0, 0.1) is 5.82 Å². The molecular weight excluding hydrogens is 269 g/mol. The van der Waals surface area contributed by atoms with Gasteiger partial charge in [0.1, 0.15) is 16.5 Å². The summed E-state index contributed by atoms with van der Waals surface area (Å²) >= 11 is 0. The summed E-state index contributed by atoms with van der Waals surface area (Å²) in [4.78, 5) is -0.107. The van der Waals surface area contributed by atoms with E-state index in [1.807, 2.05) is 0 Å². The average Bonchev–Trinajstić information content (AvgIpc) is 2.26. The molecular formula is C13H18FNO3S. The lowest BCUT2D eigenvalue weighted by Crippen LogP contribution is -2.42. The molecule has 0 bridgehead atoms. The first-order valence-electron chi connectivity index (χ1n) is 6.12. The number of benzene rings is 1. The van der Waals surface area contributed by atoms with Gasteiger partial charge >= 0.3 is 0 Å². The van der Waals surface area contributed by atoms with Gasteiger partial charge in [0.05, 0.1) is 7.11 Å². The van der Waals surface area contributed by atoms with Crippen molar-refractivity contribution in [3.8, 4) is 5.75 Å². The molecule has 2 N–H and O–H groups in total. The lowest BCUT2D eigenvalue weighted by atomic mass is 9.64. The van der Waals surface area contributed by atoms with Crippen LogP contribution >= 0.6 is 0 Å². The number of rotatable bonds is 4. The first kappa shape index (κ1) is 14.3. The molecule has 1 aliphatic rings. The summed E-state index contributed by atoms with van der Waals surface area (Å²) in [5.41, 5.74) is 6.03. The minimum atomic E-state index is -3.55. The molecule has 0 spiro atoms.